The second kappa shape index (κ2) is 3.14. The molecule has 1 rings (SSSR count). The molecule has 2 heteroatoms. The summed E-state index contributed by atoms with van der Waals surface area (Å²) in [7, 11) is 0. The minimum atomic E-state index is 0.109. The van der Waals surface area contributed by atoms with Crippen LogP contribution in [0, 0.1) is 0 Å². The van der Waals surface area contributed by atoms with E-state index in [2.05, 4.69) is 20.8 Å². The summed E-state index contributed by atoms with van der Waals surface area (Å²) < 4.78 is 5.79. The first-order valence-corrected chi connectivity index (χ1v) is 4.96. The van der Waals surface area contributed by atoms with Gasteiger partial charge in [0.05, 0.1) is 6.10 Å². The first kappa shape index (κ1) is 8.41. The maximum absolute atomic E-state index is 5.79. The first-order chi connectivity index (χ1) is 4.66. The average Bonchev–Trinajstić information content (AvgIpc) is 1.88. The summed E-state index contributed by atoms with van der Waals surface area (Å²) in [4.78, 5) is 0.109. The highest BCUT2D eigenvalue weighted by Crippen LogP contribution is 2.36. The molecule has 0 saturated carbocycles. The van der Waals surface area contributed by atoms with Gasteiger partial charge in [0, 0.05) is 0 Å². The van der Waals surface area contributed by atoms with E-state index in [4.69, 9.17) is 4.74 Å². The Morgan fingerprint density at radius 2 is 2.40 bits per heavy atom. The van der Waals surface area contributed by atoms with Gasteiger partial charge in [0.25, 0.3) is 0 Å². The van der Waals surface area contributed by atoms with Crippen molar-refractivity contribution in [2.75, 3.05) is 5.75 Å². The zero-order chi connectivity index (χ0) is 7.61. The van der Waals surface area contributed by atoms with Gasteiger partial charge in [-0.1, -0.05) is 6.92 Å². The molecule has 10 heavy (non-hydrogen) atoms. The number of rotatable bonds is 1. The van der Waals surface area contributed by atoms with Crippen molar-refractivity contribution in [2.24, 2.45) is 0 Å². The maximum Gasteiger partial charge on any atom is 0.111 e. The number of thioether (sulfide) groups is 1. The van der Waals surface area contributed by atoms with Crippen LogP contribution in [0.4, 0.5) is 0 Å². The fourth-order valence-electron chi connectivity index (χ4n) is 1.14. The van der Waals surface area contributed by atoms with Crippen LogP contribution in [0.25, 0.3) is 0 Å². The molecule has 60 valence electrons. The van der Waals surface area contributed by atoms with Gasteiger partial charge >= 0.3 is 0 Å². The molecule has 2 unspecified atom stereocenters. The molecule has 0 aliphatic carbocycles. The number of ether oxygens (including phenoxy) is 1. The molecular formula is C8H16OS. The van der Waals surface area contributed by atoms with E-state index >= 15 is 0 Å². The quantitative estimate of drug-likeness (QED) is 0.583. The molecule has 1 aliphatic rings. The van der Waals surface area contributed by atoms with E-state index in [0.29, 0.717) is 6.10 Å². The predicted octanol–water partition coefficient (Wildman–Crippen LogP) is 2.65. The second-order valence-corrected chi connectivity index (χ2v) is 4.61. The van der Waals surface area contributed by atoms with Gasteiger partial charge in [-0.2, -0.15) is 0 Å². The Kier molecular flexibility index (Phi) is 2.64. The van der Waals surface area contributed by atoms with Crippen LogP contribution in [0.5, 0.6) is 0 Å². The Hall–Kier alpha value is 0.310. The van der Waals surface area contributed by atoms with Gasteiger partial charge in [0.2, 0.25) is 0 Å². The van der Waals surface area contributed by atoms with Gasteiger partial charge in [0.15, 0.2) is 0 Å². The number of hydrogen-bond donors (Lipinski definition) is 0. The van der Waals surface area contributed by atoms with Crippen LogP contribution in [-0.2, 0) is 4.74 Å². The molecule has 0 aromatic carbocycles. The molecule has 1 aliphatic heterocycles. The second-order valence-electron chi connectivity index (χ2n) is 3.05. The lowest BCUT2D eigenvalue weighted by molar-refractivity contribution is -0.0251. The molecule has 1 heterocycles. The summed E-state index contributed by atoms with van der Waals surface area (Å²) in [5.41, 5.74) is 0. The maximum atomic E-state index is 5.79. The van der Waals surface area contributed by atoms with Gasteiger partial charge in [-0.25, -0.2) is 0 Å². The summed E-state index contributed by atoms with van der Waals surface area (Å²) in [5.74, 6) is 1.26. The highest BCUT2D eigenvalue weighted by Gasteiger charge is 2.29. The fraction of sp³-hybridized carbons (Fsp3) is 1.00. The van der Waals surface area contributed by atoms with Crippen LogP contribution in [0.1, 0.15) is 33.6 Å². The van der Waals surface area contributed by atoms with E-state index < -0.39 is 0 Å². The molecule has 0 aromatic heterocycles. The standard InChI is InChI=1S/C8H16OS/c1-4-8(3)9-7(2)5-6-10-8/h7H,4-6H2,1-3H3. The largest absolute Gasteiger partial charge is 0.362 e. The van der Waals surface area contributed by atoms with E-state index in [0.717, 1.165) is 6.42 Å². The van der Waals surface area contributed by atoms with Crippen molar-refractivity contribution in [1.82, 2.24) is 0 Å². The van der Waals surface area contributed by atoms with Crippen molar-refractivity contribution in [3.05, 3.63) is 0 Å². The average molecular weight is 160 g/mol. The van der Waals surface area contributed by atoms with Crippen molar-refractivity contribution in [3.63, 3.8) is 0 Å². The third-order valence-electron chi connectivity index (χ3n) is 2.02. The smallest absolute Gasteiger partial charge is 0.111 e. The Labute approximate surface area is 67.5 Å². The van der Waals surface area contributed by atoms with Gasteiger partial charge < -0.3 is 4.74 Å². The van der Waals surface area contributed by atoms with Gasteiger partial charge in [-0.15, -0.1) is 11.8 Å². The van der Waals surface area contributed by atoms with E-state index in [1.165, 1.54) is 12.2 Å². The molecule has 0 bridgehead atoms. The molecule has 0 radical (unpaired) electrons. The lowest BCUT2D eigenvalue weighted by atomic mass is 10.2. The summed E-state index contributed by atoms with van der Waals surface area (Å²) >= 11 is 1.95. The first-order valence-electron chi connectivity index (χ1n) is 3.98. The monoisotopic (exact) mass is 160 g/mol. The van der Waals surface area contributed by atoms with Crippen LogP contribution in [-0.4, -0.2) is 16.8 Å². The summed E-state index contributed by atoms with van der Waals surface area (Å²) in [6, 6.07) is 0. The van der Waals surface area contributed by atoms with Crippen LogP contribution in [0.3, 0.4) is 0 Å². The Balaban J connectivity index is 2.45. The molecule has 0 aromatic rings. The zero-order valence-corrected chi connectivity index (χ0v) is 7.83. The summed E-state index contributed by atoms with van der Waals surface area (Å²) in [6.07, 6.45) is 2.79. The van der Waals surface area contributed by atoms with Crippen molar-refractivity contribution in [2.45, 2.75) is 44.6 Å². The zero-order valence-electron chi connectivity index (χ0n) is 7.02. The highest BCUT2D eigenvalue weighted by molar-refractivity contribution is 8.00. The Morgan fingerprint density at radius 3 is 2.80 bits per heavy atom. The molecule has 1 nitrogen and oxygen atoms in total. The fourth-order valence-corrected chi connectivity index (χ4v) is 2.46. The molecule has 1 fully saturated rings. The minimum absolute atomic E-state index is 0.109. The normalized spacial score (nSPS) is 41.7. The third kappa shape index (κ3) is 1.89. The van der Waals surface area contributed by atoms with E-state index in [1.54, 1.807) is 0 Å². The molecule has 0 N–H and O–H groups in total. The van der Waals surface area contributed by atoms with Crippen molar-refractivity contribution in [1.29, 1.82) is 0 Å². The highest BCUT2D eigenvalue weighted by atomic mass is 32.2. The lowest BCUT2D eigenvalue weighted by Crippen LogP contribution is -2.33. The Bertz CT molecular complexity index is 116. The van der Waals surface area contributed by atoms with E-state index in [1.807, 2.05) is 11.8 Å². The van der Waals surface area contributed by atoms with Crippen molar-refractivity contribution in [3.8, 4) is 0 Å². The van der Waals surface area contributed by atoms with Gasteiger partial charge in [-0.3, -0.25) is 0 Å². The predicted molar refractivity (Wildman–Crippen MR) is 46.3 cm³/mol. The minimum Gasteiger partial charge on any atom is -0.362 e. The molecular weight excluding hydrogens is 144 g/mol. The lowest BCUT2D eigenvalue weighted by Gasteiger charge is -2.36. The molecule has 0 amide bonds. The molecule has 1 saturated heterocycles. The molecule has 2 atom stereocenters. The third-order valence-corrected chi connectivity index (χ3v) is 3.46. The summed E-state index contributed by atoms with van der Waals surface area (Å²) in [6.45, 7) is 6.53. The van der Waals surface area contributed by atoms with Crippen LogP contribution < -0.4 is 0 Å². The Morgan fingerprint density at radius 1 is 1.70 bits per heavy atom. The van der Waals surface area contributed by atoms with Crippen LogP contribution in [0.2, 0.25) is 0 Å². The van der Waals surface area contributed by atoms with E-state index in [-0.39, 0.29) is 4.93 Å². The van der Waals surface area contributed by atoms with Crippen molar-refractivity contribution < 1.29 is 4.74 Å². The molecule has 0 spiro atoms. The number of hydrogen-bond acceptors (Lipinski definition) is 2. The van der Waals surface area contributed by atoms with E-state index in [9.17, 15) is 0 Å². The van der Waals surface area contributed by atoms with Gasteiger partial charge in [-0.05, 0) is 32.4 Å². The van der Waals surface area contributed by atoms with Crippen LogP contribution in [0.15, 0.2) is 0 Å². The topological polar surface area (TPSA) is 9.23 Å². The summed E-state index contributed by atoms with van der Waals surface area (Å²) in [5, 5.41) is 0. The van der Waals surface area contributed by atoms with Crippen molar-refractivity contribution >= 4 is 11.8 Å². The van der Waals surface area contributed by atoms with Gasteiger partial charge in [0.1, 0.15) is 4.93 Å². The van der Waals surface area contributed by atoms with Crippen LogP contribution >= 0.6 is 11.8 Å². The SMILES string of the molecule is CCC1(C)OC(C)CCS1.